The fourth-order valence-electron chi connectivity index (χ4n) is 4.22. The van der Waals surface area contributed by atoms with Gasteiger partial charge in [0.2, 0.25) is 0 Å². The minimum atomic E-state index is -1.37. The minimum Gasteiger partial charge on any atom is -0.478 e. The summed E-state index contributed by atoms with van der Waals surface area (Å²) < 4.78 is 11.5. The molecule has 0 aliphatic heterocycles. The third kappa shape index (κ3) is 6.17. The van der Waals surface area contributed by atoms with E-state index in [4.69, 9.17) is 9.47 Å². The van der Waals surface area contributed by atoms with E-state index in [-0.39, 0.29) is 33.8 Å². The highest BCUT2D eigenvalue weighted by atomic mass is 16.5. The lowest BCUT2D eigenvalue weighted by atomic mass is 9.78. The molecule has 0 aromatic heterocycles. The van der Waals surface area contributed by atoms with Crippen molar-refractivity contribution >= 4 is 23.9 Å². The van der Waals surface area contributed by atoms with Crippen LogP contribution in [0.1, 0.15) is 66.4 Å². The Hall–Kier alpha value is -5.64. The van der Waals surface area contributed by atoms with Crippen molar-refractivity contribution in [2.24, 2.45) is 0 Å². The largest absolute Gasteiger partial charge is 0.478 e. The van der Waals surface area contributed by atoms with Crippen LogP contribution in [0.5, 0.6) is 23.0 Å². The van der Waals surface area contributed by atoms with Gasteiger partial charge in [0.25, 0.3) is 0 Å². The average molecular weight is 557 g/mol. The van der Waals surface area contributed by atoms with E-state index in [9.17, 15) is 39.6 Å². The molecule has 4 aromatic carbocycles. The molecule has 0 unspecified atom stereocenters. The molecule has 0 spiro atoms. The number of carboxylic acids is 4. The first-order valence-electron chi connectivity index (χ1n) is 12.1. The molecule has 0 bridgehead atoms. The molecular formula is C31H24O10. The second-order valence-electron chi connectivity index (χ2n) is 9.51. The van der Waals surface area contributed by atoms with Gasteiger partial charge in [0, 0.05) is 5.41 Å². The standard InChI is InChI=1S/C31H24O10/c1-31(2,17-3-7-19(8-4-17)40-21-11-13-23(27(32)33)25(15-21)29(36)37)18-5-9-20(10-6-18)41-22-12-14-24(28(34)35)26(16-22)30(38)39/h3-16H,1-2H3,(H,32,33)(H,34,35)(H,36,37)(H,38,39). The SMILES string of the molecule is CC(C)(c1ccc(Oc2ccc(C(=O)O)c(C(=O)O)c2)cc1)c1ccc(Oc2ccc(C(=O)O)c(C(=O)O)c2)cc1. The number of carbonyl (C=O) groups is 4. The summed E-state index contributed by atoms with van der Waals surface area (Å²) in [6, 6.07) is 21.8. The van der Waals surface area contributed by atoms with Crippen LogP contribution in [0.2, 0.25) is 0 Å². The van der Waals surface area contributed by atoms with Crippen molar-refractivity contribution in [2.75, 3.05) is 0 Å². The molecule has 0 radical (unpaired) electrons. The molecule has 10 nitrogen and oxygen atoms in total. The van der Waals surface area contributed by atoms with Crippen molar-refractivity contribution in [2.45, 2.75) is 19.3 Å². The number of rotatable bonds is 10. The van der Waals surface area contributed by atoms with E-state index < -0.39 is 29.3 Å². The van der Waals surface area contributed by atoms with Gasteiger partial charge in [-0.25, -0.2) is 19.2 Å². The van der Waals surface area contributed by atoms with Gasteiger partial charge in [-0.05, 0) is 71.8 Å². The van der Waals surface area contributed by atoms with Crippen LogP contribution in [0.3, 0.4) is 0 Å². The number of hydrogen-bond acceptors (Lipinski definition) is 6. The zero-order chi connectivity index (χ0) is 29.9. The maximum atomic E-state index is 11.4. The molecular weight excluding hydrogens is 532 g/mol. The van der Waals surface area contributed by atoms with Crippen LogP contribution in [0.15, 0.2) is 84.9 Å². The summed E-state index contributed by atoms with van der Waals surface area (Å²) in [5, 5.41) is 37.0. The van der Waals surface area contributed by atoms with E-state index in [1.54, 1.807) is 24.3 Å². The van der Waals surface area contributed by atoms with Crippen molar-refractivity contribution in [1.29, 1.82) is 0 Å². The summed E-state index contributed by atoms with van der Waals surface area (Å²) in [6.45, 7) is 4.04. The Bertz CT molecular complexity index is 1530. The highest BCUT2D eigenvalue weighted by Gasteiger charge is 2.24. The number of ether oxygens (including phenoxy) is 2. The second-order valence-corrected chi connectivity index (χ2v) is 9.51. The Morgan fingerprint density at radius 3 is 1.05 bits per heavy atom. The first-order valence-corrected chi connectivity index (χ1v) is 12.1. The molecule has 0 atom stereocenters. The molecule has 0 aliphatic rings. The summed E-state index contributed by atoms with van der Waals surface area (Å²) in [7, 11) is 0. The van der Waals surface area contributed by atoms with E-state index in [1.165, 1.54) is 24.3 Å². The van der Waals surface area contributed by atoms with Crippen LogP contribution in [0, 0.1) is 0 Å². The summed E-state index contributed by atoms with van der Waals surface area (Å²) in [5.74, 6) is -4.20. The van der Waals surface area contributed by atoms with Crippen molar-refractivity contribution in [3.05, 3.63) is 118 Å². The van der Waals surface area contributed by atoms with Gasteiger partial charge < -0.3 is 29.9 Å². The van der Waals surface area contributed by atoms with E-state index >= 15 is 0 Å². The van der Waals surface area contributed by atoms with Crippen molar-refractivity contribution in [3.8, 4) is 23.0 Å². The first kappa shape index (κ1) is 28.4. The molecule has 41 heavy (non-hydrogen) atoms. The smallest absolute Gasteiger partial charge is 0.336 e. The number of hydrogen-bond donors (Lipinski definition) is 4. The molecule has 208 valence electrons. The zero-order valence-electron chi connectivity index (χ0n) is 21.8. The van der Waals surface area contributed by atoms with Gasteiger partial charge in [0.15, 0.2) is 0 Å². The van der Waals surface area contributed by atoms with Gasteiger partial charge >= 0.3 is 23.9 Å². The third-order valence-corrected chi connectivity index (χ3v) is 6.53. The number of benzene rings is 4. The predicted octanol–water partition coefficient (Wildman–Crippen LogP) is 6.39. The molecule has 10 heteroatoms. The maximum Gasteiger partial charge on any atom is 0.336 e. The molecule has 0 aliphatic carbocycles. The Morgan fingerprint density at radius 1 is 0.463 bits per heavy atom. The molecule has 4 rings (SSSR count). The Labute approximate surface area is 233 Å². The lowest BCUT2D eigenvalue weighted by Crippen LogP contribution is -2.18. The first-order chi connectivity index (χ1) is 19.4. The summed E-state index contributed by atoms with van der Waals surface area (Å²) in [6.07, 6.45) is 0. The molecule has 0 heterocycles. The zero-order valence-corrected chi connectivity index (χ0v) is 21.8. The topological polar surface area (TPSA) is 168 Å². The Kier molecular flexibility index (Phi) is 7.77. The molecule has 4 aromatic rings. The fraction of sp³-hybridized carbons (Fsp3) is 0.0968. The lowest BCUT2D eigenvalue weighted by molar-refractivity contribution is 0.0651. The monoisotopic (exact) mass is 556 g/mol. The molecule has 0 saturated heterocycles. The van der Waals surface area contributed by atoms with Crippen LogP contribution in [-0.4, -0.2) is 44.3 Å². The third-order valence-electron chi connectivity index (χ3n) is 6.53. The summed E-state index contributed by atoms with van der Waals surface area (Å²) in [5.41, 5.74) is 0.0252. The number of carboxylic acid groups (broad SMARTS) is 4. The van der Waals surface area contributed by atoms with Crippen LogP contribution in [0.4, 0.5) is 0 Å². The van der Waals surface area contributed by atoms with Gasteiger partial charge in [-0.15, -0.1) is 0 Å². The predicted molar refractivity (Wildman–Crippen MR) is 146 cm³/mol. The highest BCUT2D eigenvalue weighted by molar-refractivity contribution is 6.02. The van der Waals surface area contributed by atoms with Gasteiger partial charge in [0.05, 0.1) is 22.3 Å². The molecule has 4 N–H and O–H groups in total. The van der Waals surface area contributed by atoms with Crippen molar-refractivity contribution in [3.63, 3.8) is 0 Å². The normalized spacial score (nSPS) is 11.0. The van der Waals surface area contributed by atoms with Crippen LogP contribution < -0.4 is 9.47 Å². The lowest BCUT2D eigenvalue weighted by Gasteiger charge is -2.26. The summed E-state index contributed by atoms with van der Waals surface area (Å²) in [4.78, 5) is 45.4. The summed E-state index contributed by atoms with van der Waals surface area (Å²) >= 11 is 0. The Balaban J connectivity index is 1.49. The van der Waals surface area contributed by atoms with E-state index in [1.807, 2.05) is 38.1 Å². The van der Waals surface area contributed by atoms with Gasteiger partial charge in [-0.2, -0.15) is 0 Å². The molecule has 0 fully saturated rings. The Morgan fingerprint density at radius 2 is 0.756 bits per heavy atom. The van der Waals surface area contributed by atoms with E-state index in [0.717, 1.165) is 23.3 Å². The maximum absolute atomic E-state index is 11.4. The van der Waals surface area contributed by atoms with Crippen LogP contribution in [0.25, 0.3) is 0 Å². The van der Waals surface area contributed by atoms with Crippen molar-refractivity contribution < 1.29 is 49.1 Å². The highest BCUT2D eigenvalue weighted by Crippen LogP contribution is 2.35. The molecule has 0 amide bonds. The van der Waals surface area contributed by atoms with Gasteiger partial charge in [-0.3, -0.25) is 0 Å². The minimum absolute atomic E-state index is 0.183. The van der Waals surface area contributed by atoms with Gasteiger partial charge in [0.1, 0.15) is 23.0 Å². The van der Waals surface area contributed by atoms with Crippen molar-refractivity contribution in [1.82, 2.24) is 0 Å². The van der Waals surface area contributed by atoms with Crippen LogP contribution in [-0.2, 0) is 5.41 Å². The fourth-order valence-corrected chi connectivity index (χ4v) is 4.22. The number of aromatic carboxylic acids is 4. The van der Waals surface area contributed by atoms with E-state index in [2.05, 4.69) is 0 Å². The second kappa shape index (κ2) is 11.2. The van der Waals surface area contributed by atoms with E-state index in [0.29, 0.717) is 11.5 Å². The van der Waals surface area contributed by atoms with Crippen LogP contribution >= 0.6 is 0 Å². The molecule has 0 saturated carbocycles. The van der Waals surface area contributed by atoms with Gasteiger partial charge in [-0.1, -0.05) is 38.1 Å². The quantitative estimate of drug-likeness (QED) is 0.172. The average Bonchev–Trinajstić information content (AvgIpc) is 2.93.